The molecule has 108 valence electrons. The molecule has 0 radical (unpaired) electrons. The minimum atomic E-state index is -1.04. The molecule has 1 fully saturated rings. The van der Waals surface area contributed by atoms with Crippen molar-refractivity contribution in [1.29, 1.82) is 0 Å². The van der Waals surface area contributed by atoms with Crippen LogP contribution >= 0.6 is 0 Å². The number of nitrogens with one attached hydrogen (secondary N) is 1. The smallest absolute Gasteiger partial charge is 0.311 e. The third kappa shape index (κ3) is 2.48. The lowest BCUT2D eigenvalue weighted by atomic mass is 10.0. The number of ether oxygens (including phenoxy) is 1. The van der Waals surface area contributed by atoms with Gasteiger partial charge in [0.1, 0.15) is 11.6 Å². The molecule has 2 atom stereocenters. The average Bonchev–Trinajstić information content (AvgIpc) is 3.05. The van der Waals surface area contributed by atoms with Crippen LogP contribution in [0.25, 0.3) is 0 Å². The summed E-state index contributed by atoms with van der Waals surface area (Å²) in [5, 5.41) is 19.6. The van der Waals surface area contributed by atoms with Gasteiger partial charge in [-0.3, -0.25) is 19.7 Å². The number of nitrogens with zero attached hydrogens (tertiary/aromatic N) is 2. The minimum Gasteiger partial charge on any atom is -0.481 e. The Labute approximate surface area is 113 Å². The monoisotopic (exact) mass is 283 g/mol. The lowest BCUT2D eigenvalue weighted by Crippen LogP contribution is -2.44. The number of aromatic amines is 1. The molecule has 2 unspecified atom stereocenters. The fraction of sp³-hybridized carbons (Fsp3) is 0.455. The van der Waals surface area contributed by atoms with Crippen molar-refractivity contribution in [2.24, 2.45) is 5.92 Å². The lowest BCUT2D eigenvalue weighted by molar-refractivity contribution is -0.384. The van der Waals surface area contributed by atoms with Crippen LogP contribution in [0.3, 0.4) is 0 Å². The molecule has 20 heavy (non-hydrogen) atoms. The predicted molar refractivity (Wildman–Crippen MR) is 65.3 cm³/mol. The summed E-state index contributed by atoms with van der Waals surface area (Å²) in [7, 11) is 1.45. The van der Waals surface area contributed by atoms with Gasteiger partial charge in [0.05, 0.1) is 30.4 Å². The molecule has 2 rings (SSSR count). The zero-order chi connectivity index (χ0) is 14.9. The second kappa shape index (κ2) is 5.29. The first-order valence-corrected chi connectivity index (χ1v) is 5.82. The van der Waals surface area contributed by atoms with Crippen LogP contribution < -0.4 is 0 Å². The van der Waals surface area contributed by atoms with Crippen LogP contribution in [0.5, 0.6) is 0 Å². The van der Waals surface area contributed by atoms with Crippen LogP contribution in [-0.4, -0.2) is 58.1 Å². The second-order valence-electron chi connectivity index (χ2n) is 4.49. The Morgan fingerprint density at radius 3 is 2.80 bits per heavy atom. The van der Waals surface area contributed by atoms with Gasteiger partial charge in [-0.25, -0.2) is 0 Å². The van der Waals surface area contributed by atoms with Gasteiger partial charge >= 0.3 is 5.97 Å². The van der Waals surface area contributed by atoms with E-state index in [4.69, 9.17) is 9.84 Å². The van der Waals surface area contributed by atoms with Crippen molar-refractivity contribution >= 4 is 17.6 Å². The highest BCUT2D eigenvalue weighted by atomic mass is 16.6. The molecule has 1 aliphatic heterocycles. The summed E-state index contributed by atoms with van der Waals surface area (Å²) in [6.07, 6.45) is 1.11. The van der Waals surface area contributed by atoms with E-state index in [0.29, 0.717) is 0 Å². The van der Waals surface area contributed by atoms with Gasteiger partial charge in [0.25, 0.3) is 11.6 Å². The first-order chi connectivity index (χ1) is 9.41. The normalized spacial score (nSPS) is 21.6. The number of aliphatic carboxylic acids is 1. The number of carboxylic acid groups (broad SMARTS) is 1. The number of amides is 1. The van der Waals surface area contributed by atoms with Crippen molar-refractivity contribution in [2.75, 3.05) is 20.3 Å². The van der Waals surface area contributed by atoms with Crippen molar-refractivity contribution in [1.82, 2.24) is 9.88 Å². The number of aromatic nitrogens is 1. The van der Waals surface area contributed by atoms with E-state index in [2.05, 4.69) is 4.98 Å². The molecule has 0 saturated carbocycles. The number of nitro groups is 1. The molecule has 0 spiro atoms. The maximum atomic E-state index is 12.2. The Morgan fingerprint density at radius 1 is 1.55 bits per heavy atom. The maximum Gasteiger partial charge on any atom is 0.311 e. The van der Waals surface area contributed by atoms with E-state index in [-0.39, 0.29) is 24.6 Å². The molecular formula is C11H13N3O6. The fourth-order valence-corrected chi connectivity index (χ4v) is 2.11. The Balaban J connectivity index is 2.15. The molecule has 1 aliphatic rings. The van der Waals surface area contributed by atoms with E-state index in [1.807, 2.05) is 0 Å². The highest BCUT2D eigenvalue weighted by molar-refractivity contribution is 5.93. The molecule has 9 nitrogen and oxygen atoms in total. The van der Waals surface area contributed by atoms with E-state index in [1.54, 1.807) is 0 Å². The average molecular weight is 283 g/mol. The summed E-state index contributed by atoms with van der Waals surface area (Å²) in [4.78, 5) is 36.9. The maximum absolute atomic E-state index is 12.2. The number of H-pyrrole nitrogens is 1. The van der Waals surface area contributed by atoms with Crippen LogP contribution in [0.15, 0.2) is 12.3 Å². The zero-order valence-electron chi connectivity index (χ0n) is 10.6. The number of carbonyl (C=O) groups excluding carboxylic acids is 1. The second-order valence-corrected chi connectivity index (χ2v) is 4.49. The molecule has 2 heterocycles. The first kappa shape index (κ1) is 14.0. The highest BCUT2D eigenvalue weighted by Gasteiger charge is 2.39. The van der Waals surface area contributed by atoms with E-state index in [0.717, 1.165) is 12.3 Å². The predicted octanol–water partition coefficient (Wildman–Crippen LogP) is 0.0945. The van der Waals surface area contributed by atoms with Crippen molar-refractivity contribution in [3.05, 3.63) is 28.1 Å². The molecule has 1 aromatic rings. The van der Waals surface area contributed by atoms with E-state index in [1.165, 1.54) is 11.9 Å². The van der Waals surface area contributed by atoms with Gasteiger partial charge in [0.15, 0.2) is 0 Å². The van der Waals surface area contributed by atoms with Crippen molar-refractivity contribution in [3.63, 3.8) is 0 Å². The third-order valence-corrected chi connectivity index (χ3v) is 3.29. The summed E-state index contributed by atoms with van der Waals surface area (Å²) < 4.78 is 5.09. The van der Waals surface area contributed by atoms with Gasteiger partial charge in [-0.1, -0.05) is 0 Å². The number of likely N-dealkylation sites (N-methyl/N-ethyl adjacent to an activating group) is 1. The molecule has 0 bridgehead atoms. The Bertz CT molecular complexity index is 554. The van der Waals surface area contributed by atoms with E-state index >= 15 is 0 Å². The topological polar surface area (TPSA) is 126 Å². The standard InChI is InChI=1S/C11H13N3O6/c1-13(9-5-20-4-7(9)11(16)17)10(15)8-2-6(3-12-8)14(18)19/h2-3,7,9,12H,4-5H2,1H3,(H,16,17). The largest absolute Gasteiger partial charge is 0.481 e. The summed E-state index contributed by atoms with van der Waals surface area (Å²) in [6, 6.07) is 0.520. The molecule has 1 amide bonds. The van der Waals surface area contributed by atoms with Crippen LogP contribution in [0, 0.1) is 16.0 Å². The summed E-state index contributed by atoms with van der Waals surface area (Å²) in [5.41, 5.74) is -0.186. The Hall–Kier alpha value is -2.42. The molecule has 2 N–H and O–H groups in total. The molecule has 0 aromatic carbocycles. The minimum absolute atomic E-state index is 0.0373. The summed E-state index contributed by atoms with van der Waals surface area (Å²) in [5.74, 6) is -2.35. The van der Waals surface area contributed by atoms with Crippen molar-refractivity contribution in [2.45, 2.75) is 6.04 Å². The van der Waals surface area contributed by atoms with Gasteiger partial charge in [0.2, 0.25) is 0 Å². The van der Waals surface area contributed by atoms with Crippen molar-refractivity contribution < 1.29 is 24.4 Å². The molecule has 9 heteroatoms. The van der Waals surface area contributed by atoms with Crippen LogP contribution in [-0.2, 0) is 9.53 Å². The first-order valence-electron chi connectivity index (χ1n) is 5.82. The molecule has 1 saturated heterocycles. The quantitative estimate of drug-likeness (QED) is 0.596. The van der Waals surface area contributed by atoms with Gasteiger partial charge < -0.3 is 19.7 Å². The van der Waals surface area contributed by atoms with Crippen molar-refractivity contribution in [3.8, 4) is 0 Å². The van der Waals surface area contributed by atoms with Gasteiger partial charge in [-0.2, -0.15) is 0 Å². The number of carbonyl (C=O) groups is 2. The van der Waals surface area contributed by atoms with E-state index in [9.17, 15) is 19.7 Å². The van der Waals surface area contributed by atoms with Crippen LogP contribution in [0.4, 0.5) is 5.69 Å². The van der Waals surface area contributed by atoms with Gasteiger partial charge in [-0.05, 0) is 0 Å². The number of carboxylic acids is 1. The Morgan fingerprint density at radius 2 is 2.25 bits per heavy atom. The van der Waals surface area contributed by atoms with Crippen LogP contribution in [0.1, 0.15) is 10.5 Å². The van der Waals surface area contributed by atoms with Crippen LogP contribution in [0.2, 0.25) is 0 Å². The zero-order valence-corrected chi connectivity index (χ0v) is 10.6. The summed E-state index contributed by atoms with van der Waals surface area (Å²) >= 11 is 0. The molecular weight excluding hydrogens is 270 g/mol. The van der Waals surface area contributed by atoms with Gasteiger partial charge in [0, 0.05) is 13.1 Å². The number of hydrogen-bond donors (Lipinski definition) is 2. The van der Waals surface area contributed by atoms with E-state index < -0.39 is 28.8 Å². The van der Waals surface area contributed by atoms with Gasteiger partial charge in [-0.15, -0.1) is 0 Å². The molecule has 0 aliphatic carbocycles. The lowest BCUT2D eigenvalue weighted by Gasteiger charge is -2.25. The number of hydrogen-bond acceptors (Lipinski definition) is 5. The SMILES string of the molecule is CN(C(=O)c1cc([N+](=O)[O-])c[nH]1)C1COCC1C(=O)O. The highest BCUT2D eigenvalue weighted by Crippen LogP contribution is 2.21. The summed E-state index contributed by atoms with van der Waals surface area (Å²) in [6.45, 7) is 0.171. The fourth-order valence-electron chi connectivity index (χ4n) is 2.11. The number of rotatable bonds is 4. The Kier molecular flexibility index (Phi) is 3.70. The third-order valence-electron chi connectivity index (χ3n) is 3.29. The molecule has 1 aromatic heterocycles.